The molecule has 1 atom stereocenters. The maximum Gasteiger partial charge on any atom is 0.500 e. The zero-order valence-electron chi connectivity index (χ0n) is 12.8. The third-order valence-electron chi connectivity index (χ3n) is 3.81. The predicted octanol–water partition coefficient (Wildman–Crippen LogP) is 1.76. The van der Waals surface area contributed by atoms with Crippen molar-refractivity contribution in [1.29, 1.82) is 0 Å². The molecule has 0 bridgehead atoms. The minimum atomic E-state index is -2.40. The van der Waals surface area contributed by atoms with E-state index in [1.807, 2.05) is 0 Å². The Bertz CT molecular complexity index is 228. The molecule has 114 valence electrons. The third kappa shape index (κ3) is 5.13. The van der Waals surface area contributed by atoms with E-state index in [0.717, 1.165) is 45.2 Å². The van der Waals surface area contributed by atoms with E-state index in [1.54, 1.807) is 21.3 Å². The molecule has 0 aliphatic carbocycles. The molecular formula is C13H29NO4Si. The van der Waals surface area contributed by atoms with E-state index in [-0.39, 0.29) is 0 Å². The van der Waals surface area contributed by atoms with E-state index in [0.29, 0.717) is 6.04 Å². The predicted molar refractivity (Wildman–Crippen MR) is 77.3 cm³/mol. The molecule has 0 radical (unpaired) electrons. The van der Waals surface area contributed by atoms with E-state index < -0.39 is 8.80 Å². The van der Waals surface area contributed by atoms with Gasteiger partial charge in [0, 0.05) is 40.0 Å². The molecule has 1 saturated heterocycles. The van der Waals surface area contributed by atoms with Crippen LogP contribution >= 0.6 is 0 Å². The fourth-order valence-electron chi connectivity index (χ4n) is 2.65. The van der Waals surface area contributed by atoms with Crippen LogP contribution in [0.3, 0.4) is 0 Å². The van der Waals surface area contributed by atoms with Crippen LogP contribution in [0.4, 0.5) is 0 Å². The molecule has 0 amide bonds. The van der Waals surface area contributed by atoms with E-state index >= 15 is 0 Å². The molecule has 0 N–H and O–H groups in total. The van der Waals surface area contributed by atoms with Gasteiger partial charge in [-0.1, -0.05) is 6.92 Å². The minimum absolute atomic E-state index is 0.533. The lowest BCUT2D eigenvalue weighted by Gasteiger charge is -2.36. The van der Waals surface area contributed by atoms with Crippen molar-refractivity contribution in [3.63, 3.8) is 0 Å². The normalized spacial score (nSPS) is 21.8. The highest BCUT2D eigenvalue weighted by Gasteiger charge is 2.37. The highest BCUT2D eigenvalue weighted by molar-refractivity contribution is 6.60. The number of rotatable bonds is 9. The van der Waals surface area contributed by atoms with Gasteiger partial charge in [0.25, 0.3) is 0 Å². The van der Waals surface area contributed by atoms with E-state index in [1.165, 1.54) is 6.42 Å². The van der Waals surface area contributed by atoms with Crippen LogP contribution in [0.15, 0.2) is 0 Å². The summed E-state index contributed by atoms with van der Waals surface area (Å²) in [6.07, 6.45) is 3.37. The van der Waals surface area contributed by atoms with Crippen LogP contribution in [0.2, 0.25) is 6.04 Å². The second-order valence-electron chi connectivity index (χ2n) is 4.95. The quantitative estimate of drug-likeness (QED) is 0.605. The summed E-state index contributed by atoms with van der Waals surface area (Å²) >= 11 is 0. The molecule has 1 aliphatic rings. The van der Waals surface area contributed by atoms with Crippen molar-refractivity contribution < 1.29 is 18.0 Å². The molecule has 6 heteroatoms. The second kappa shape index (κ2) is 9.04. The lowest BCUT2D eigenvalue weighted by atomic mass is 10.1. The fourth-order valence-corrected chi connectivity index (χ4v) is 4.40. The van der Waals surface area contributed by atoms with Crippen LogP contribution in [0.25, 0.3) is 0 Å². The monoisotopic (exact) mass is 291 g/mol. The van der Waals surface area contributed by atoms with E-state index in [4.69, 9.17) is 18.0 Å². The third-order valence-corrected chi connectivity index (χ3v) is 6.65. The van der Waals surface area contributed by atoms with Gasteiger partial charge in [-0.15, -0.1) is 0 Å². The summed E-state index contributed by atoms with van der Waals surface area (Å²) < 4.78 is 21.9. The van der Waals surface area contributed by atoms with Gasteiger partial charge < -0.3 is 18.0 Å². The summed E-state index contributed by atoms with van der Waals surface area (Å²) in [6, 6.07) is 1.40. The number of morpholine rings is 1. The number of nitrogens with zero attached hydrogens (tertiary/aromatic N) is 1. The van der Waals surface area contributed by atoms with Gasteiger partial charge in [0.1, 0.15) is 0 Å². The van der Waals surface area contributed by atoms with Gasteiger partial charge in [-0.05, 0) is 25.8 Å². The van der Waals surface area contributed by atoms with Crippen LogP contribution in [0.5, 0.6) is 0 Å². The number of ether oxygens (including phenoxy) is 1. The van der Waals surface area contributed by atoms with Crippen LogP contribution in [-0.2, 0) is 18.0 Å². The topological polar surface area (TPSA) is 40.2 Å². The molecule has 1 unspecified atom stereocenters. The SMILES string of the molecule is CCCN1CCOCC1CCC[Si](OC)(OC)OC. The molecule has 1 rings (SSSR count). The zero-order chi connectivity index (χ0) is 14.1. The highest BCUT2D eigenvalue weighted by Crippen LogP contribution is 2.20. The van der Waals surface area contributed by atoms with Gasteiger partial charge in [0.05, 0.1) is 13.2 Å². The van der Waals surface area contributed by atoms with E-state index in [2.05, 4.69) is 11.8 Å². The van der Waals surface area contributed by atoms with Gasteiger partial charge in [-0.3, -0.25) is 4.90 Å². The molecule has 0 saturated carbocycles. The Balaban J connectivity index is 2.37. The molecule has 0 aromatic heterocycles. The summed E-state index contributed by atoms with van der Waals surface area (Å²) in [5, 5.41) is 0. The summed E-state index contributed by atoms with van der Waals surface area (Å²) in [5.41, 5.74) is 0. The van der Waals surface area contributed by atoms with Crippen LogP contribution in [0, 0.1) is 0 Å². The Hall–Kier alpha value is 0.0169. The van der Waals surface area contributed by atoms with Crippen molar-refractivity contribution in [3.8, 4) is 0 Å². The average Bonchev–Trinajstić information content (AvgIpc) is 2.46. The van der Waals surface area contributed by atoms with Gasteiger partial charge in [-0.2, -0.15) is 0 Å². The Morgan fingerprint density at radius 1 is 1.21 bits per heavy atom. The van der Waals surface area contributed by atoms with Crippen LogP contribution < -0.4 is 0 Å². The van der Waals surface area contributed by atoms with Gasteiger partial charge in [0.2, 0.25) is 0 Å². The Kier molecular flexibility index (Phi) is 8.13. The fraction of sp³-hybridized carbons (Fsp3) is 1.00. The van der Waals surface area contributed by atoms with E-state index in [9.17, 15) is 0 Å². The number of hydrogen-bond acceptors (Lipinski definition) is 5. The van der Waals surface area contributed by atoms with Crippen LogP contribution in [0.1, 0.15) is 26.2 Å². The first-order valence-electron chi connectivity index (χ1n) is 7.18. The van der Waals surface area contributed by atoms with Crippen molar-refractivity contribution in [2.45, 2.75) is 38.3 Å². The molecule has 19 heavy (non-hydrogen) atoms. The first-order valence-corrected chi connectivity index (χ1v) is 9.11. The summed E-state index contributed by atoms with van der Waals surface area (Å²) in [7, 11) is 2.62. The smallest absolute Gasteiger partial charge is 0.378 e. The molecule has 0 aromatic carbocycles. The molecule has 1 heterocycles. The molecule has 0 aromatic rings. The maximum atomic E-state index is 5.60. The van der Waals surface area contributed by atoms with Crippen molar-refractivity contribution >= 4 is 8.80 Å². The Labute approximate surface area is 118 Å². The lowest BCUT2D eigenvalue weighted by molar-refractivity contribution is -0.0108. The summed E-state index contributed by atoms with van der Waals surface area (Å²) in [5.74, 6) is 0. The van der Waals surface area contributed by atoms with Crippen LogP contribution in [-0.4, -0.2) is 67.4 Å². The number of hydrogen-bond donors (Lipinski definition) is 0. The largest absolute Gasteiger partial charge is 0.500 e. The maximum absolute atomic E-state index is 5.60. The van der Waals surface area contributed by atoms with Crippen molar-refractivity contribution in [3.05, 3.63) is 0 Å². The van der Waals surface area contributed by atoms with Crippen molar-refractivity contribution in [2.24, 2.45) is 0 Å². The Morgan fingerprint density at radius 2 is 1.89 bits per heavy atom. The van der Waals surface area contributed by atoms with Gasteiger partial charge >= 0.3 is 8.80 Å². The summed E-state index contributed by atoms with van der Waals surface area (Å²) in [6.45, 7) is 6.16. The Morgan fingerprint density at radius 3 is 2.47 bits per heavy atom. The van der Waals surface area contributed by atoms with Crippen molar-refractivity contribution in [2.75, 3.05) is 47.6 Å². The standard InChI is InChI=1S/C13H29NO4Si/c1-5-8-14-9-10-18-12-13(14)7-6-11-19(15-2,16-3)17-4/h13H,5-12H2,1-4H3. The first kappa shape index (κ1) is 17.1. The van der Waals surface area contributed by atoms with Gasteiger partial charge in [0.15, 0.2) is 0 Å². The first-order chi connectivity index (χ1) is 9.21. The second-order valence-corrected chi connectivity index (χ2v) is 8.04. The lowest BCUT2D eigenvalue weighted by Crippen LogP contribution is -2.46. The molecular weight excluding hydrogens is 262 g/mol. The highest BCUT2D eigenvalue weighted by atomic mass is 28.4. The van der Waals surface area contributed by atoms with Crippen molar-refractivity contribution in [1.82, 2.24) is 4.90 Å². The molecule has 5 nitrogen and oxygen atoms in total. The summed E-state index contributed by atoms with van der Waals surface area (Å²) in [4.78, 5) is 2.54. The molecule has 1 aliphatic heterocycles. The molecule has 0 spiro atoms. The minimum Gasteiger partial charge on any atom is -0.378 e. The zero-order valence-corrected chi connectivity index (χ0v) is 13.8. The average molecular weight is 291 g/mol. The van der Waals surface area contributed by atoms with Gasteiger partial charge in [-0.25, -0.2) is 0 Å². The molecule has 1 fully saturated rings.